The third-order valence-electron chi connectivity index (χ3n) is 9.20. The van der Waals surface area contributed by atoms with Gasteiger partial charge in [0.1, 0.15) is 23.7 Å². The molecule has 17 heteroatoms. The SMILES string of the molecule is CCn1cc(C(=O)O)c(=O)c2cc(F)c(N3CCN(Cn4nc(Cn5nc(C)n(/N=C/c6ccccc6O)c5=O)n(-c5ccccc5)c4=O)CC3)cc21. The minimum Gasteiger partial charge on any atom is -0.507 e. The van der Waals surface area contributed by atoms with Crippen molar-refractivity contribution in [1.82, 2.24) is 38.3 Å². The third kappa shape index (κ3) is 6.64. The first-order valence-electron chi connectivity index (χ1n) is 16.8. The van der Waals surface area contributed by atoms with Crippen LogP contribution in [0.25, 0.3) is 16.6 Å². The van der Waals surface area contributed by atoms with Crippen molar-refractivity contribution in [2.75, 3.05) is 31.1 Å². The molecule has 1 aliphatic rings. The van der Waals surface area contributed by atoms with Crippen LogP contribution < -0.4 is 21.7 Å². The molecule has 0 radical (unpaired) electrons. The van der Waals surface area contributed by atoms with Crippen LogP contribution in [0.5, 0.6) is 5.75 Å². The quantitative estimate of drug-likeness (QED) is 0.200. The van der Waals surface area contributed by atoms with Crippen LogP contribution in [0.15, 0.2) is 92.4 Å². The van der Waals surface area contributed by atoms with Crippen molar-refractivity contribution in [3.8, 4) is 11.4 Å². The van der Waals surface area contributed by atoms with E-state index in [2.05, 4.69) is 15.3 Å². The monoisotopic (exact) mass is 722 g/mol. The van der Waals surface area contributed by atoms with Crippen molar-refractivity contribution in [2.24, 2.45) is 5.10 Å². The maximum atomic E-state index is 15.5. The Balaban J connectivity index is 1.13. The highest BCUT2D eigenvalue weighted by molar-refractivity contribution is 5.93. The van der Waals surface area contributed by atoms with Crippen LogP contribution in [-0.2, 0) is 19.8 Å². The highest BCUT2D eigenvalue weighted by Gasteiger charge is 2.25. The van der Waals surface area contributed by atoms with Crippen molar-refractivity contribution in [2.45, 2.75) is 33.6 Å². The molecule has 3 aromatic carbocycles. The van der Waals surface area contributed by atoms with E-state index in [1.165, 1.54) is 32.4 Å². The number of carbonyl (C=O) groups is 1. The van der Waals surface area contributed by atoms with Crippen molar-refractivity contribution in [3.63, 3.8) is 0 Å². The Morgan fingerprint density at radius 2 is 1.66 bits per heavy atom. The number of hydrogen-bond acceptors (Lipinski definition) is 10. The molecule has 6 aromatic rings. The van der Waals surface area contributed by atoms with Crippen LogP contribution in [-0.4, -0.2) is 86.8 Å². The van der Waals surface area contributed by atoms with E-state index in [9.17, 15) is 29.4 Å². The van der Waals surface area contributed by atoms with Gasteiger partial charge in [-0.1, -0.05) is 30.3 Å². The summed E-state index contributed by atoms with van der Waals surface area (Å²) in [6.07, 6.45) is 2.64. The lowest BCUT2D eigenvalue weighted by atomic mass is 10.1. The molecule has 2 N–H and O–H groups in total. The second-order valence-corrected chi connectivity index (χ2v) is 12.5. The number of phenolic OH excluding ortho intramolecular Hbond substituents is 1. The van der Waals surface area contributed by atoms with Gasteiger partial charge in [0.05, 0.1) is 29.8 Å². The zero-order valence-electron chi connectivity index (χ0n) is 28.8. The first-order valence-corrected chi connectivity index (χ1v) is 16.8. The molecule has 0 amide bonds. The fraction of sp³-hybridized carbons (Fsp3) is 0.250. The molecule has 1 saturated heterocycles. The number of halogens is 1. The Labute approximate surface area is 300 Å². The van der Waals surface area contributed by atoms with Crippen molar-refractivity contribution >= 4 is 28.8 Å². The normalized spacial score (nSPS) is 13.8. The van der Waals surface area contributed by atoms with Crippen LogP contribution in [0.1, 0.15) is 34.5 Å². The molecule has 3 aromatic heterocycles. The summed E-state index contributed by atoms with van der Waals surface area (Å²) in [5.41, 5.74) is -0.435. The van der Waals surface area contributed by atoms with Crippen LogP contribution in [0.4, 0.5) is 10.1 Å². The van der Waals surface area contributed by atoms with Crippen LogP contribution in [0.2, 0.25) is 0 Å². The fourth-order valence-electron chi connectivity index (χ4n) is 6.45. The van der Waals surface area contributed by atoms with E-state index in [0.29, 0.717) is 61.0 Å². The Morgan fingerprint density at radius 3 is 2.36 bits per heavy atom. The number of para-hydroxylation sites is 2. The number of aromatic hydroxyl groups is 1. The first-order chi connectivity index (χ1) is 25.5. The predicted molar refractivity (Wildman–Crippen MR) is 194 cm³/mol. The molecule has 0 spiro atoms. The lowest BCUT2D eigenvalue weighted by Gasteiger charge is -2.36. The zero-order valence-corrected chi connectivity index (χ0v) is 28.8. The summed E-state index contributed by atoms with van der Waals surface area (Å²) in [6, 6.07) is 18.2. The number of aryl methyl sites for hydroxylation is 2. The number of carboxylic acid groups (broad SMARTS) is 1. The number of aromatic carboxylic acids is 1. The fourth-order valence-corrected chi connectivity index (χ4v) is 6.45. The third-order valence-corrected chi connectivity index (χ3v) is 9.20. The highest BCUT2D eigenvalue weighted by Crippen LogP contribution is 2.26. The summed E-state index contributed by atoms with van der Waals surface area (Å²) < 4.78 is 22.1. The summed E-state index contributed by atoms with van der Waals surface area (Å²) in [6.45, 7) is 5.51. The molecule has 0 atom stereocenters. The number of anilines is 1. The smallest absolute Gasteiger partial charge is 0.367 e. The number of fused-ring (bicyclic) bond motifs is 1. The summed E-state index contributed by atoms with van der Waals surface area (Å²) >= 11 is 0. The average molecular weight is 723 g/mol. The van der Waals surface area contributed by atoms with E-state index in [1.807, 2.05) is 22.8 Å². The van der Waals surface area contributed by atoms with Gasteiger partial charge in [0, 0.05) is 49.9 Å². The second-order valence-electron chi connectivity index (χ2n) is 12.5. The van der Waals surface area contributed by atoms with E-state index in [1.54, 1.807) is 60.0 Å². The molecule has 1 aliphatic heterocycles. The standard InChI is InChI=1S/C36H35FN10O6/c1-3-42-20-27(34(50)51)33(49)26-17-28(37)30(18-29(26)42)43-15-13-41(14-16-43)22-45-35(52)46(25-10-5-4-6-11-25)32(40-45)21-44-36(53)47(23(2)39-44)38-19-24-9-7-8-12-31(24)48/h4-12,17-20,48H,3,13-16,21-22H2,1-2H3,(H,50,51)/b38-19+. The highest BCUT2D eigenvalue weighted by atomic mass is 19.1. The molecule has 0 bridgehead atoms. The molecule has 4 heterocycles. The molecule has 53 heavy (non-hydrogen) atoms. The lowest BCUT2D eigenvalue weighted by Crippen LogP contribution is -2.48. The van der Waals surface area contributed by atoms with Gasteiger partial charge in [-0.05, 0) is 50.2 Å². The van der Waals surface area contributed by atoms with E-state index in [0.717, 1.165) is 10.7 Å². The number of pyridine rings is 1. The number of nitrogens with zero attached hydrogens (tertiary/aromatic N) is 10. The zero-order chi connectivity index (χ0) is 37.4. The van der Waals surface area contributed by atoms with Gasteiger partial charge in [-0.3, -0.25) is 9.69 Å². The molecule has 7 rings (SSSR count). The van der Waals surface area contributed by atoms with E-state index >= 15 is 4.39 Å². The van der Waals surface area contributed by atoms with Gasteiger partial charge in [0.2, 0.25) is 5.43 Å². The topological polar surface area (TPSA) is 178 Å². The Hall–Kier alpha value is -6.62. The van der Waals surface area contributed by atoms with Crippen LogP contribution in [0, 0.1) is 12.7 Å². The largest absolute Gasteiger partial charge is 0.507 e. The molecule has 1 fully saturated rings. The number of hydrogen-bond donors (Lipinski definition) is 2. The van der Waals surface area contributed by atoms with E-state index in [4.69, 9.17) is 0 Å². The maximum Gasteiger partial charge on any atom is 0.367 e. The summed E-state index contributed by atoms with van der Waals surface area (Å²) in [5, 5.41) is 32.8. The number of phenols is 1. The van der Waals surface area contributed by atoms with Crippen molar-refractivity contribution in [1.29, 1.82) is 0 Å². The van der Waals surface area contributed by atoms with Crippen LogP contribution >= 0.6 is 0 Å². The maximum absolute atomic E-state index is 15.5. The summed E-state index contributed by atoms with van der Waals surface area (Å²) in [4.78, 5) is 55.5. The van der Waals surface area contributed by atoms with Gasteiger partial charge in [0.25, 0.3) is 0 Å². The van der Waals surface area contributed by atoms with Crippen molar-refractivity contribution in [3.05, 3.63) is 133 Å². The number of benzene rings is 3. The molecule has 272 valence electrons. The summed E-state index contributed by atoms with van der Waals surface area (Å²) in [5.74, 6) is -1.44. The predicted octanol–water partition coefficient (Wildman–Crippen LogP) is 2.29. The Morgan fingerprint density at radius 1 is 0.943 bits per heavy atom. The number of aromatic nitrogens is 7. The minimum absolute atomic E-state index is 0.000192. The van der Waals surface area contributed by atoms with Crippen LogP contribution in [0.3, 0.4) is 0 Å². The number of rotatable bonds is 10. The van der Waals surface area contributed by atoms with Gasteiger partial charge in [-0.2, -0.15) is 24.7 Å². The van der Waals surface area contributed by atoms with Gasteiger partial charge < -0.3 is 19.7 Å². The second kappa shape index (κ2) is 14.2. The lowest BCUT2D eigenvalue weighted by molar-refractivity contribution is 0.0694. The van der Waals surface area contributed by atoms with Gasteiger partial charge >= 0.3 is 17.3 Å². The molecule has 16 nitrogen and oxygen atoms in total. The molecule has 0 unspecified atom stereocenters. The molecular formula is C36H35FN10O6. The minimum atomic E-state index is -1.37. The average Bonchev–Trinajstić information content (AvgIpc) is 3.60. The Bertz CT molecular complexity index is 2560. The molecule has 0 saturated carbocycles. The van der Waals surface area contributed by atoms with Crippen molar-refractivity contribution < 1.29 is 19.4 Å². The number of carboxylic acids is 1. The molecule has 0 aliphatic carbocycles. The number of piperazine rings is 1. The first kappa shape index (κ1) is 34.8. The van der Waals surface area contributed by atoms with E-state index < -0.39 is 34.2 Å². The molecular weight excluding hydrogens is 687 g/mol. The van der Waals surface area contributed by atoms with Gasteiger partial charge in [0.15, 0.2) is 11.6 Å². The van der Waals surface area contributed by atoms with E-state index in [-0.39, 0.29) is 30.2 Å². The Kier molecular flexibility index (Phi) is 9.32. The van der Waals surface area contributed by atoms with Gasteiger partial charge in [-0.25, -0.2) is 28.0 Å². The van der Waals surface area contributed by atoms with Gasteiger partial charge in [-0.15, -0.1) is 0 Å². The summed E-state index contributed by atoms with van der Waals surface area (Å²) in [7, 11) is 0.